The standard InChI is InChI=1S/C25H25F3N8O4/c1-30-22(38)16-10-15(37)24(40-16)36-12-32-19-20(29)33-18(34-21(19)36)6-3-9-35(14-4-2-5-14)23(39)13-7-8-17(31-11-13)25(26,27)28/h7-8,11-12,14-16,24,37H,2,4-5,9-10H2,1H3,(H,30,38)(H2,29,33,34)/t15?,16-,24?/m0/s1. The summed E-state index contributed by atoms with van der Waals surface area (Å²) >= 11 is 0. The maximum Gasteiger partial charge on any atom is 0.433 e. The number of fused-ring (bicyclic) bond motifs is 1. The smallest absolute Gasteiger partial charge is 0.388 e. The third-order valence-electron chi connectivity index (χ3n) is 6.88. The van der Waals surface area contributed by atoms with E-state index in [-0.39, 0.29) is 53.3 Å². The molecule has 1 saturated heterocycles. The van der Waals surface area contributed by atoms with E-state index in [1.165, 1.54) is 22.8 Å². The molecule has 210 valence electrons. The fourth-order valence-electron chi connectivity index (χ4n) is 4.53. The molecule has 12 nitrogen and oxygen atoms in total. The van der Waals surface area contributed by atoms with E-state index in [2.05, 4.69) is 37.1 Å². The molecular weight excluding hydrogens is 533 g/mol. The van der Waals surface area contributed by atoms with Gasteiger partial charge in [0.05, 0.1) is 18.4 Å². The van der Waals surface area contributed by atoms with Crippen molar-refractivity contribution in [1.29, 1.82) is 0 Å². The molecule has 4 N–H and O–H groups in total. The van der Waals surface area contributed by atoms with E-state index in [1.54, 1.807) is 0 Å². The van der Waals surface area contributed by atoms with Crippen molar-refractivity contribution in [3.63, 3.8) is 0 Å². The number of alkyl halides is 3. The number of aliphatic hydroxyl groups is 1. The van der Waals surface area contributed by atoms with Gasteiger partial charge in [-0.1, -0.05) is 5.92 Å². The van der Waals surface area contributed by atoms with Gasteiger partial charge in [-0.15, -0.1) is 0 Å². The SMILES string of the molecule is CNC(=O)[C@@H]1CC(O)C(n2cnc3c(N)nc(C#CCN(C(=O)c4ccc(C(F)(F)F)nc4)C4CCC4)nc32)O1. The lowest BCUT2D eigenvalue weighted by Crippen LogP contribution is -2.44. The van der Waals surface area contributed by atoms with Gasteiger partial charge in [0.15, 0.2) is 17.7 Å². The minimum absolute atomic E-state index is 0.0245. The van der Waals surface area contributed by atoms with Crippen molar-refractivity contribution in [2.45, 2.75) is 56.3 Å². The van der Waals surface area contributed by atoms with Crippen LogP contribution in [0.3, 0.4) is 0 Å². The van der Waals surface area contributed by atoms with E-state index in [0.29, 0.717) is 0 Å². The highest BCUT2D eigenvalue weighted by Gasteiger charge is 2.39. The van der Waals surface area contributed by atoms with Crippen LogP contribution < -0.4 is 11.1 Å². The molecule has 40 heavy (non-hydrogen) atoms. The van der Waals surface area contributed by atoms with Crippen molar-refractivity contribution in [3.05, 3.63) is 41.7 Å². The minimum atomic E-state index is -4.60. The Balaban J connectivity index is 1.37. The second-order valence-electron chi connectivity index (χ2n) is 9.44. The number of pyridine rings is 1. The van der Waals surface area contributed by atoms with E-state index in [4.69, 9.17) is 10.5 Å². The Kier molecular flexibility index (Phi) is 7.30. The van der Waals surface area contributed by atoms with Crippen LogP contribution in [0.1, 0.15) is 53.8 Å². The molecule has 15 heteroatoms. The number of nitrogens with zero attached hydrogens (tertiary/aromatic N) is 6. The van der Waals surface area contributed by atoms with E-state index in [0.717, 1.165) is 37.6 Å². The first-order valence-electron chi connectivity index (χ1n) is 12.4. The number of aliphatic hydroxyl groups excluding tert-OH is 1. The molecule has 2 amide bonds. The quantitative estimate of drug-likeness (QED) is 0.392. The van der Waals surface area contributed by atoms with Crippen molar-refractivity contribution in [1.82, 2.24) is 34.7 Å². The first-order chi connectivity index (χ1) is 19.1. The fourth-order valence-corrected chi connectivity index (χ4v) is 4.53. The first-order valence-corrected chi connectivity index (χ1v) is 12.4. The van der Waals surface area contributed by atoms with Crippen LogP contribution in [0, 0.1) is 11.8 Å². The van der Waals surface area contributed by atoms with Gasteiger partial charge in [0, 0.05) is 25.7 Å². The summed E-state index contributed by atoms with van der Waals surface area (Å²) in [6.07, 6.45) is -2.62. The molecule has 1 aliphatic carbocycles. The zero-order chi connectivity index (χ0) is 28.6. The number of nitrogens with one attached hydrogen (secondary N) is 1. The summed E-state index contributed by atoms with van der Waals surface area (Å²) in [7, 11) is 1.47. The number of carbonyl (C=O) groups excluding carboxylic acids is 2. The minimum Gasteiger partial charge on any atom is -0.388 e. The van der Waals surface area contributed by atoms with Crippen LogP contribution in [-0.2, 0) is 15.7 Å². The molecule has 1 saturated carbocycles. The van der Waals surface area contributed by atoms with Crippen LogP contribution in [0.15, 0.2) is 24.7 Å². The van der Waals surface area contributed by atoms with Gasteiger partial charge in [0.25, 0.3) is 5.91 Å². The van der Waals surface area contributed by atoms with Crippen molar-refractivity contribution < 1.29 is 32.6 Å². The van der Waals surface area contributed by atoms with Crippen LogP contribution in [0.5, 0.6) is 0 Å². The second kappa shape index (κ2) is 10.7. The number of halogens is 3. The van der Waals surface area contributed by atoms with Gasteiger partial charge >= 0.3 is 6.18 Å². The number of nitrogens with two attached hydrogens (primary N) is 1. The molecule has 2 unspecified atom stereocenters. The molecule has 2 aliphatic rings. The molecule has 3 aromatic rings. The summed E-state index contributed by atoms with van der Waals surface area (Å²) in [5.74, 6) is 4.85. The van der Waals surface area contributed by atoms with Crippen LogP contribution in [0.25, 0.3) is 11.2 Å². The summed E-state index contributed by atoms with van der Waals surface area (Å²) in [5, 5.41) is 13.0. The first kappa shape index (κ1) is 27.3. The highest BCUT2D eigenvalue weighted by atomic mass is 19.4. The van der Waals surface area contributed by atoms with Crippen molar-refractivity contribution >= 4 is 28.8 Å². The molecule has 0 bridgehead atoms. The van der Waals surface area contributed by atoms with Gasteiger partial charge < -0.3 is 25.8 Å². The Labute approximate surface area is 225 Å². The van der Waals surface area contributed by atoms with Gasteiger partial charge in [-0.2, -0.15) is 13.2 Å². The number of anilines is 1. The van der Waals surface area contributed by atoms with E-state index < -0.39 is 36.2 Å². The van der Waals surface area contributed by atoms with Gasteiger partial charge in [-0.3, -0.25) is 19.1 Å². The van der Waals surface area contributed by atoms with Crippen LogP contribution in [-0.4, -0.2) is 78.2 Å². The molecule has 0 radical (unpaired) electrons. The zero-order valence-corrected chi connectivity index (χ0v) is 21.2. The molecule has 4 heterocycles. The molecule has 5 rings (SSSR count). The third-order valence-corrected chi connectivity index (χ3v) is 6.88. The van der Waals surface area contributed by atoms with Gasteiger partial charge in [0.2, 0.25) is 11.7 Å². The lowest BCUT2D eigenvalue weighted by Gasteiger charge is -2.36. The number of hydrogen-bond acceptors (Lipinski definition) is 9. The van der Waals surface area contributed by atoms with Crippen LogP contribution in [0.2, 0.25) is 0 Å². The average molecular weight is 559 g/mol. The molecule has 3 aromatic heterocycles. The van der Waals surface area contributed by atoms with Crippen molar-refractivity contribution in [2.75, 3.05) is 19.3 Å². The number of rotatable bonds is 5. The average Bonchev–Trinajstić information content (AvgIpc) is 3.49. The zero-order valence-electron chi connectivity index (χ0n) is 21.2. The Morgan fingerprint density at radius 1 is 1.27 bits per heavy atom. The van der Waals surface area contributed by atoms with Gasteiger partial charge in [0.1, 0.15) is 23.4 Å². The lowest BCUT2D eigenvalue weighted by molar-refractivity contribution is -0.141. The topological polar surface area (TPSA) is 161 Å². The molecular formula is C25H25F3N8O4. The number of imidazole rings is 1. The number of likely N-dealkylation sites (N-methyl/N-ethyl adjacent to an activating group) is 1. The number of amides is 2. The second-order valence-corrected chi connectivity index (χ2v) is 9.44. The third kappa shape index (κ3) is 5.27. The molecule has 3 atom stereocenters. The number of hydrogen-bond donors (Lipinski definition) is 3. The number of ether oxygens (including phenoxy) is 1. The maximum atomic E-state index is 13.1. The summed E-state index contributed by atoms with van der Waals surface area (Å²) in [5.41, 5.74) is 5.50. The van der Waals surface area contributed by atoms with Gasteiger partial charge in [-0.25, -0.2) is 15.0 Å². The lowest BCUT2D eigenvalue weighted by atomic mass is 9.91. The summed E-state index contributed by atoms with van der Waals surface area (Å²) in [4.78, 5) is 42.7. The van der Waals surface area contributed by atoms with Crippen LogP contribution >= 0.6 is 0 Å². The summed E-state index contributed by atoms with van der Waals surface area (Å²) in [6, 6.07) is 1.77. The Hall–Kier alpha value is -4.29. The number of nitrogen functional groups attached to an aromatic ring is 1. The van der Waals surface area contributed by atoms with Crippen LogP contribution in [0.4, 0.5) is 19.0 Å². The predicted octanol–water partition coefficient (Wildman–Crippen LogP) is 1.26. The van der Waals surface area contributed by atoms with E-state index in [9.17, 15) is 27.9 Å². The largest absolute Gasteiger partial charge is 0.433 e. The summed E-state index contributed by atoms with van der Waals surface area (Å²) in [6.45, 7) is -0.0245. The van der Waals surface area contributed by atoms with Gasteiger partial charge in [-0.05, 0) is 37.3 Å². The fraction of sp³-hybridized carbons (Fsp3) is 0.440. The number of aromatic nitrogens is 5. The Bertz CT molecular complexity index is 1490. The van der Waals surface area contributed by atoms with E-state index in [1.807, 2.05) is 0 Å². The van der Waals surface area contributed by atoms with E-state index >= 15 is 0 Å². The maximum absolute atomic E-state index is 13.1. The summed E-state index contributed by atoms with van der Waals surface area (Å²) < 4.78 is 45.8. The molecule has 2 fully saturated rings. The predicted molar refractivity (Wildman–Crippen MR) is 133 cm³/mol. The highest BCUT2D eigenvalue weighted by Crippen LogP contribution is 2.32. The van der Waals surface area contributed by atoms with Crippen molar-refractivity contribution in [2.24, 2.45) is 0 Å². The highest BCUT2D eigenvalue weighted by molar-refractivity contribution is 5.94. The molecule has 0 spiro atoms. The monoisotopic (exact) mass is 558 g/mol. The normalized spacial score (nSPS) is 21.0. The molecule has 1 aliphatic heterocycles. The van der Waals surface area contributed by atoms with Crippen molar-refractivity contribution in [3.8, 4) is 11.8 Å². The molecule has 0 aromatic carbocycles. The Morgan fingerprint density at radius 3 is 2.67 bits per heavy atom. The Morgan fingerprint density at radius 2 is 2.05 bits per heavy atom. The number of carbonyl (C=O) groups is 2.